The largest absolute Gasteiger partial charge is 0.368 e. The van der Waals surface area contributed by atoms with Crippen molar-refractivity contribution in [3.8, 4) is 56.3 Å². The fraction of sp³-hybridized carbons (Fsp3) is 0. The van der Waals surface area contributed by atoms with Crippen LogP contribution in [0.4, 0.5) is 96.0 Å². The molecule has 0 aliphatic rings. The third kappa shape index (κ3) is 28.6. The van der Waals surface area contributed by atoms with Crippen molar-refractivity contribution in [3.05, 3.63) is 394 Å². The van der Waals surface area contributed by atoms with Gasteiger partial charge in [0.2, 0.25) is 29.7 Å². The molecule has 0 spiro atoms. The molecule has 20 aromatic rings. The van der Waals surface area contributed by atoms with Crippen molar-refractivity contribution in [3.63, 3.8) is 0 Å². The summed E-state index contributed by atoms with van der Waals surface area (Å²) in [5.74, 6) is 2.93. The number of halogens is 4. The van der Waals surface area contributed by atoms with Crippen LogP contribution in [0.25, 0.3) is 56.3 Å². The van der Waals surface area contributed by atoms with Gasteiger partial charge in [-0.05, 0) is 218 Å². The predicted octanol–water partition coefficient (Wildman–Crippen LogP) is 23.6. The molecule has 0 aliphatic carbocycles. The van der Waals surface area contributed by atoms with Crippen LogP contribution in [-0.4, -0.2) is 99.7 Å². The first-order valence-corrected chi connectivity index (χ1v) is 46.6. The lowest BCUT2D eigenvalue weighted by Crippen LogP contribution is -2.02. The maximum absolute atomic E-state index is 14.5. The molecule has 39 heteroatoms. The minimum Gasteiger partial charge on any atom is -0.368 e. The van der Waals surface area contributed by atoms with Gasteiger partial charge < -0.3 is 55.3 Å². The van der Waals surface area contributed by atoms with Crippen LogP contribution < -0.4 is 55.3 Å². The molecule has 0 saturated heterocycles. The van der Waals surface area contributed by atoms with Crippen LogP contribution in [0, 0.1) is 11.6 Å². The van der Waals surface area contributed by atoms with Gasteiger partial charge in [0, 0.05) is 259 Å². The lowest BCUT2D eigenvalue weighted by Gasteiger charge is -2.12. The molecule has 30 nitrogen and oxygen atoms in total. The number of anilines is 15. The molecule has 684 valence electrons. The standard InChI is InChI=1S/C20H14Cl2N6S.2C20H15FN6S.2C20H16N6S/c21-15-9-13(10-16(22)19(15)29-14-3-7-25-8-4-14)26-18-11-17(27-20(23)28-18)12-1-5-24-6-2-12;21-16-11-14(1-2-18(16)28-15-5-9-24-10-6-15)25-19-12-17(26-20(22)27-19)13-3-7-23-8-4-13;21-16-10-14(3-4-18(16)28-15-5-8-23-9-6-15)25-19-11-17(26-20(22)27-19)13-2-1-7-24-12-13;21-20-25-18(14-5-9-22-10-6-14)13-19(26-20)24-15-1-3-16(4-2-15)27-17-7-11-23-12-8-17;21-20-25-18(14-2-1-9-23-13-14)12-19(26-20)24-15-3-5-16(6-4-15)27-17-7-10-22-11-8-17/h1-11H,(H3,23,26,27,28);2*1-12H,(H3,22,25,26,27);2*1-13H,(H3,21,24,25,26). The number of nitrogens with one attached hydrogen (secondary N) is 5. The molecule has 15 N–H and O–H groups in total. The van der Waals surface area contributed by atoms with Crippen LogP contribution in [-0.2, 0) is 0 Å². The summed E-state index contributed by atoms with van der Waals surface area (Å²) in [6.45, 7) is 0. The number of aromatic nitrogens is 20. The van der Waals surface area contributed by atoms with E-state index in [2.05, 4.69) is 151 Å². The van der Waals surface area contributed by atoms with Crippen LogP contribution in [0.5, 0.6) is 0 Å². The van der Waals surface area contributed by atoms with Crippen LogP contribution in [0.2, 0.25) is 10.0 Å². The Morgan fingerprint density at radius 1 is 0.216 bits per heavy atom. The molecular weight excluding hydrogens is 1890 g/mol. The highest BCUT2D eigenvalue weighted by Gasteiger charge is 2.18. The van der Waals surface area contributed by atoms with Crippen LogP contribution in [0.1, 0.15) is 0 Å². The van der Waals surface area contributed by atoms with E-state index in [9.17, 15) is 8.78 Å². The highest BCUT2D eigenvalue weighted by molar-refractivity contribution is 8.00. The number of nitrogens with two attached hydrogens (primary N) is 5. The summed E-state index contributed by atoms with van der Waals surface area (Å²) < 4.78 is 29.0. The van der Waals surface area contributed by atoms with E-state index in [1.807, 2.05) is 158 Å². The van der Waals surface area contributed by atoms with Gasteiger partial charge in [-0.15, -0.1) is 0 Å². The summed E-state index contributed by atoms with van der Waals surface area (Å²) in [4.78, 5) is 92.0. The van der Waals surface area contributed by atoms with Crippen molar-refractivity contribution in [1.82, 2.24) is 99.7 Å². The Morgan fingerprint density at radius 3 is 0.741 bits per heavy atom. The van der Waals surface area contributed by atoms with Gasteiger partial charge in [0.25, 0.3) is 0 Å². The fourth-order valence-electron chi connectivity index (χ4n) is 12.7. The molecule has 0 atom stereocenters. The smallest absolute Gasteiger partial charge is 0.222 e. The summed E-state index contributed by atoms with van der Waals surface area (Å²) in [5, 5.41) is 17.0. The Kier molecular flexibility index (Phi) is 32.9. The number of pyridine rings is 10. The molecule has 15 aromatic heterocycles. The second-order valence-corrected chi connectivity index (χ2v) is 35.3. The van der Waals surface area contributed by atoms with Crippen molar-refractivity contribution in [2.45, 2.75) is 49.0 Å². The van der Waals surface area contributed by atoms with Crippen molar-refractivity contribution in [2.24, 2.45) is 0 Å². The summed E-state index contributed by atoms with van der Waals surface area (Å²) in [6, 6.07) is 76.4. The molecule has 0 saturated carbocycles. The van der Waals surface area contributed by atoms with Gasteiger partial charge in [-0.3, -0.25) is 49.8 Å². The second kappa shape index (κ2) is 47.9. The summed E-state index contributed by atoms with van der Waals surface area (Å²) in [6.07, 6.45) is 34.3. The lowest BCUT2D eigenvalue weighted by atomic mass is 10.2. The molecule has 139 heavy (non-hydrogen) atoms. The molecule has 0 amide bonds. The van der Waals surface area contributed by atoms with E-state index in [1.54, 1.807) is 202 Å². The summed E-state index contributed by atoms with van der Waals surface area (Å²) in [7, 11) is 0. The van der Waals surface area contributed by atoms with E-state index < -0.39 is 0 Å². The van der Waals surface area contributed by atoms with E-state index in [4.69, 9.17) is 51.9 Å². The van der Waals surface area contributed by atoms with E-state index >= 15 is 0 Å². The van der Waals surface area contributed by atoms with Crippen LogP contribution in [0.3, 0.4) is 0 Å². The molecule has 0 aliphatic heterocycles. The van der Waals surface area contributed by atoms with Crippen LogP contribution in [0.15, 0.2) is 422 Å². The normalized spacial score (nSPS) is 10.6. The molecule has 0 bridgehead atoms. The van der Waals surface area contributed by atoms with Gasteiger partial charge in [0.15, 0.2) is 0 Å². The number of hydrogen-bond acceptors (Lipinski definition) is 35. The first-order valence-electron chi connectivity index (χ1n) is 41.7. The Balaban J connectivity index is 0.000000125. The Labute approximate surface area is 826 Å². The van der Waals surface area contributed by atoms with Crippen molar-refractivity contribution >= 4 is 169 Å². The van der Waals surface area contributed by atoms with E-state index in [0.29, 0.717) is 83.1 Å². The van der Waals surface area contributed by atoms with Gasteiger partial charge in [-0.25, -0.2) is 33.7 Å². The SMILES string of the molecule is Nc1nc(Nc2cc(Cl)c(Sc3ccncc3)c(Cl)c2)cc(-c2ccncc2)n1.Nc1nc(Nc2ccc(Sc3ccncc3)c(F)c2)cc(-c2cccnc2)n1.Nc1nc(Nc2ccc(Sc3ccncc3)c(F)c2)cc(-c2ccncc2)n1.Nc1nc(Nc2ccc(Sc3ccncc3)cc2)cc(-c2cccnc2)n1.Nc1nc(Nc2ccc(Sc3ccncc3)cc2)cc(-c2ccncc2)n1. The van der Waals surface area contributed by atoms with Gasteiger partial charge in [0.1, 0.15) is 40.7 Å². The molecule has 0 unspecified atom stereocenters. The number of nitrogen functional groups attached to an aromatic ring is 5. The maximum atomic E-state index is 14.5. The Hall–Kier alpha value is -16.8. The molecular formula is C100H76Cl2F2N30S5. The number of nitrogens with zero attached hydrogens (tertiary/aromatic N) is 20. The number of rotatable bonds is 25. The van der Waals surface area contributed by atoms with Crippen molar-refractivity contribution in [1.29, 1.82) is 0 Å². The summed E-state index contributed by atoms with van der Waals surface area (Å²) >= 11 is 20.5. The first kappa shape index (κ1) is 95.4. The number of benzene rings is 5. The second-order valence-electron chi connectivity index (χ2n) is 28.8. The average molecular weight is 1970 g/mol. The monoisotopic (exact) mass is 1960 g/mol. The zero-order valence-electron chi connectivity index (χ0n) is 72.6. The van der Waals surface area contributed by atoms with Gasteiger partial charge >= 0.3 is 0 Å². The molecule has 15 heterocycles. The van der Waals surface area contributed by atoms with E-state index in [0.717, 1.165) is 89.7 Å². The number of hydrogen-bond donors (Lipinski definition) is 10. The summed E-state index contributed by atoms with van der Waals surface area (Å²) in [5.41, 5.74) is 40.8. The fourth-order valence-corrected chi connectivity index (χ4v) is 17.4. The molecule has 5 aromatic carbocycles. The van der Waals surface area contributed by atoms with E-state index in [1.165, 1.54) is 47.4 Å². The molecule has 0 radical (unpaired) electrons. The predicted molar refractivity (Wildman–Crippen MR) is 549 cm³/mol. The third-order valence-electron chi connectivity index (χ3n) is 18.9. The first-order chi connectivity index (χ1) is 67.9. The zero-order chi connectivity index (χ0) is 95.9. The van der Waals surface area contributed by atoms with E-state index in [-0.39, 0.29) is 41.4 Å². The van der Waals surface area contributed by atoms with Crippen molar-refractivity contribution < 1.29 is 8.78 Å². The topological polar surface area (TPSA) is 448 Å². The van der Waals surface area contributed by atoms with Gasteiger partial charge in [-0.2, -0.15) is 24.9 Å². The van der Waals surface area contributed by atoms with Gasteiger partial charge in [-0.1, -0.05) is 82.0 Å². The highest BCUT2D eigenvalue weighted by Crippen LogP contribution is 2.43. The third-order valence-corrected chi connectivity index (χ3v) is 25.0. The highest BCUT2D eigenvalue weighted by atomic mass is 35.5. The Bertz CT molecular complexity index is 7060. The molecule has 20 rings (SSSR count). The quantitative estimate of drug-likeness (QED) is 0.0254. The maximum Gasteiger partial charge on any atom is 0.222 e. The Morgan fingerprint density at radius 2 is 0.460 bits per heavy atom. The van der Waals surface area contributed by atoms with Gasteiger partial charge in [0.05, 0.1) is 38.5 Å². The van der Waals surface area contributed by atoms with Crippen LogP contribution >= 0.6 is 82.0 Å². The minimum absolute atomic E-state index is 0.120. The zero-order valence-corrected chi connectivity index (χ0v) is 78.2. The van der Waals surface area contributed by atoms with Crippen molar-refractivity contribution in [2.75, 3.05) is 55.3 Å². The average Bonchev–Trinajstić information content (AvgIpc) is 0.821. The lowest BCUT2D eigenvalue weighted by molar-refractivity contribution is 0.602. The molecule has 0 fully saturated rings. The minimum atomic E-state index is -0.332.